The molecule has 0 fully saturated rings. The van der Waals surface area contributed by atoms with Crippen LogP contribution in [0.4, 0.5) is 5.69 Å². The molecule has 3 nitrogen and oxygen atoms in total. The topological polar surface area (TPSA) is 36.4 Å². The molecular formula is C16H17N3S. The average Bonchev–Trinajstić information content (AvgIpc) is 2.50. The van der Waals surface area contributed by atoms with E-state index in [1.807, 2.05) is 67.6 Å². The van der Waals surface area contributed by atoms with Gasteiger partial charge in [-0.3, -0.25) is 5.43 Å². The van der Waals surface area contributed by atoms with Crippen molar-refractivity contribution >= 4 is 28.6 Å². The Hall–Kier alpha value is -2.20. The van der Waals surface area contributed by atoms with Crippen molar-refractivity contribution < 1.29 is 0 Å². The van der Waals surface area contributed by atoms with Gasteiger partial charge < -0.3 is 5.32 Å². The second-order valence-corrected chi connectivity index (χ2v) is 4.57. The van der Waals surface area contributed by atoms with Crippen LogP contribution in [0.2, 0.25) is 0 Å². The van der Waals surface area contributed by atoms with Crippen molar-refractivity contribution in [1.29, 1.82) is 0 Å². The number of para-hydroxylation sites is 1. The van der Waals surface area contributed by atoms with Gasteiger partial charge in [0.1, 0.15) is 10.7 Å². The number of hydrazone groups is 1. The number of benzene rings is 2. The van der Waals surface area contributed by atoms with Gasteiger partial charge in [-0.1, -0.05) is 60.7 Å². The molecule has 0 aromatic heterocycles. The fourth-order valence-corrected chi connectivity index (χ4v) is 2.03. The fourth-order valence-electron chi connectivity index (χ4n) is 1.72. The Labute approximate surface area is 124 Å². The summed E-state index contributed by atoms with van der Waals surface area (Å²) in [6.45, 7) is 2.79. The van der Waals surface area contributed by atoms with Gasteiger partial charge in [0.25, 0.3) is 0 Å². The molecule has 0 radical (unpaired) electrons. The Morgan fingerprint density at radius 3 is 2.20 bits per heavy atom. The molecule has 0 spiro atoms. The third kappa shape index (κ3) is 3.90. The molecule has 2 N–H and O–H groups in total. The standard InChI is InChI=1S/C16H17N3S/c1-2-17-16(20)15(13-9-5-3-6-10-13)19-18-14-11-7-4-8-12-14/h3-12,18H,2H2,1H3,(H,17,20)/b19-15+. The van der Waals surface area contributed by atoms with Crippen LogP contribution >= 0.6 is 12.2 Å². The molecule has 0 aliphatic heterocycles. The first kappa shape index (κ1) is 14.2. The van der Waals surface area contributed by atoms with E-state index < -0.39 is 0 Å². The maximum absolute atomic E-state index is 5.39. The zero-order valence-electron chi connectivity index (χ0n) is 11.3. The van der Waals surface area contributed by atoms with Gasteiger partial charge in [0.05, 0.1) is 5.69 Å². The molecule has 0 unspecified atom stereocenters. The van der Waals surface area contributed by atoms with Crippen molar-refractivity contribution in [2.75, 3.05) is 12.0 Å². The van der Waals surface area contributed by atoms with Crippen molar-refractivity contribution in [1.82, 2.24) is 5.32 Å². The quantitative estimate of drug-likeness (QED) is 0.501. The second-order valence-electron chi connectivity index (χ2n) is 4.16. The van der Waals surface area contributed by atoms with Crippen LogP contribution in [0.5, 0.6) is 0 Å². The van der Waals surface area contributed by atoms with Gasteiger partial charge in [-0.2, -0.15) is 5.10 Å². The highest BCUT2D eigenvalue weighted by Gasteiger charge is 2.09. The zero-order chi connectivity index (χ0) is 14.2. The normalized spacial score (nSPS) is 10.9. The molecule has 0 bridgehead atoms. The molecule has 20 heavy (non-hydrogen) atoms. The molecule has 0 aliphatic carbocycles. The van der Waals surface area contributed by atoms with Crippen LogP contribution in [0.3, 0.4) is 0 Å². The van der Waals surface area contributed by atoms with E-state index in [9.17, 15) is 0 Å². The number of anilines is 1. The number of thiocarbonyl (C=S) groups is 1. The number of hydrogen-bond acceptors (Lipinski definition) is 3. The molecule has 0 aliphatic rings. The highest BCUT2D eigenvalue weighted by molar-refractivity contribution is 7.82. The summed E-state index contributed by atoms with van der Waals surface area (Å²) in [5, 5.41) is 7.59. The van der Waals surface area contributed by atoms with Gasteiger partial charge in [0.2, 0.25) is 0 Å². The lowest BCUT2D eigenvalue weighted by Crippen LogP contribution is -2.30. The van der Waals surface area contributed by atoms with Gasteiger partial charge in [-0.25, -0.2) is 0 Å². The van der Waals surface area contributed by atoms with Crippen LogP contribution < -0.4 is 10.7 Å². The first-order chi connectivity index (χ1) is 9.81. The molecule has 0 heterocycles. The molecule has 0 amide bonds. The van der Waals surface area contributed by atoms with Gasteiger partial charge in [-0.15, -0.1) is 0 Å². The lowest BCUT2D eigenvalue weighted by atomic mass is 10.1. The molecule has 0 saturated heterocycles. The average molecular weight is 283 g/mol. The molecule has 0 atom stereocenters. The first-order valence-corrected chi connectivity index (χ1v) is 6.94. The van der Waals surface area contributed by atoms with E-state index in [4.69, 9.17) is 12.2 Å². The predicted octanol–water partition coefficient (Wildman–Crippen LogP) is 3.44. The summed E-state index contributed by atoms with van der Waals surface area (Å²) < 4.78 is 0. The van der Waals surface area contributed by atoms with Crippen LogP contribution in [-0.4, -0.2) is 17.2 Å². The Balaban J connectivity index is 2.25. The summed E-state index contributed by atoms with van der Waals surface area (Å²) in [4.78, 5) is 0.641. The summed E-state index contributed by atoms with van der Waals surface area (Å²) in [6, 6.07) is 19.7. The molecule has 4 heteroatoms. The number of hydrogen-bond donors (Lipinski definition) is 2. The fraction of sp³-hybridized carbons (Fsp3) is 0.125. The van der Waals surface area contributed by atoms with Crippen LogP contribution in [0.1, 0.15) is 12.5 Å². The first-order valence-electron chi connectivity index (χ1n) is 6.53. The van der Waals surface area contributed by atoms with E-state index in [0.717, 1.165) is 23.5 Å². The highest BCUT2D eigenvalue weighted by Crippen LogP contribution is 2.07. The van der Waals surface area contributed by atoms with Crippen molar-refractivity contribution in [3.05, 3.63) is 66.2 Å². The second kappa shape index (κ2) is 7.40. The van der Waals surface area contributed by atoms with Crippen molar-refractivity contribution in [3.63, 3.8) is 0 Å². The maximum atomic E-state index is 5.39. The van der Waals surface area contributed by atoms with Crippen molar-refractivity contribution in [2.24, 2.45) is 5.10 Å². The lowest BCUT2D eigenvalue weighted by Gasteiger charge is -2.10. The summed E-state index contributed by atoms with van der Waals surface area (Å²) in [5.41, 5.74) is 5.70. The Bertz CT molecular complexity index is 579. The van der Waals surface area contributed by atoms with E-state index in [0.29, 0.717) is 4.99 Å². The molecule has 2 rings (SSSR count). The van der Waals surface area contributed by atoms with E-state index >= 15 is 0 Å². The highest BCUT2D eigenvalue weighted by atomic mass is 32.1. The smallest absolute Gasteiger partial charge is 0.127 e. The number of nitrogens with zero attached hydrogens (tertiary/aromatic N) is 1. The summed E-state index contributed by atoms with van der Waals surface area (Å²) >= 11 is 5.39. The summed E-state index contributed by atoms with van der Waals surface area (Å²) in [6.07, 6.45) is 0. The van der Waals surface area contributed by atoms with E-state index in [1.165, 1.54) is 0 Å². The third-order valence-corrected chi connectivity index (χ3v) is 3.01. The molecule has 2 aromatic carbocycles. The van der Waals surface area contributed by atoms with E-state index in [-0.39, 0.29) is 0 Å². The minimum Gasteiger partial charge on any atom is -0.375 e. The lowest BCUT2D eigenvalue weighted by molar-refractivity contribution is 0.989. The van der Waals surface area contributed by atoms with Gasteiger partial charge in [0, 0.05) is 12.1 Å². The Morgan fingerprint density at radius 1 is 1.00 bits per heavy atom. The monoisotopic (exact) mass is 283 g/mol. The molecular weight excluding hydrogens is 266 g/mol. The zero-order valence-corrected chi connectivity index (χ0v) is 12.2. The van der Waals surface area contributed by atoms with Crippen molar-refractivity contribution in [2.45, 2.75) is 6.92 Å². The van der Waals surface area contributed by atoms with Crippen LogP contribution in [-0.2, 0) is 0 Å². The summed E-state index contributed by atoms with van der Waals surface area (Å²) in [5.74, 6) is 0. The number of likely N-dealkylation sites (N-methyl/N-ethyl adjacent to an activating group) is 1. The van der Waals surface area contributed by atoms with Gasteiger partial charge in [0.15, 0.2) is 0 Å². The Kier molecular flexibility index (Phi) is 5.26. The minimum atomic E-state index is 0.641. The van der Waals surface area contributed by atoms with Gasteiger partial charge >= 0.3 is 0 Å². The maximum Gasteiger partial charge on any atom is 0.127 e. The van der Waals surface area contributed by atoms with E-state index in [1.54, 1.807) is 0 Å². The number of rotatable bonds is 5. The van der Waals surface area contributed by atoms with Crippen LogP contribution in [0, 0.1) is 0 Å². The minimum absolute atomic E-state index is 0.641. The van der Waals surface area contributed by atoms with Crippen molar-refractivity contribution in [3.8, 4) is 0 Å². The molecule has 102 valence electrons. The largest absolute Gasteiger partial charge is 0.375 e. The SMILES string of the molecule is CCNC(=S)/C(=N/Nc1ccccc1)c1ccccc1. The number of nitrogens with one attached hydrogen (secondary N) is 2. The van der Waals surface area contributed by atoms with Crippen LogP contribution in [0.15, 0.2) is 65.8 Å². The van der Waals surface area contributed by atoms with Crippen LogP contribution in [0.25, 0.3) is 0 Å². The van der Waals surface area contributed by atoms with Gasteiger partial charge in [-0.05, 0) is 19.1 Å². The molecule has 0 saturated carbocycles. The Morgan fingerprint density at radius 2 is 1.60 bits per heavy atom. The predicted molar refractivity (Wildman–Crippen MR) is 89.3 cm³/mol. The third-order valence-electron chi connectivity index (χ3n) is 2.67. The summed E-state index contributed by atoms with van der Waals surface area (Å²) in [7, 11) is 0. The molecule has 2 aromatic rings. The van der Waals surface area contributed by atoms with E-state index in [2.05, 4.69) is 15.8 Å².